The lowest BCUT2D eigenvalue weighted by Gasteiger charge is -2.19. The van der Waals surface area contributed by atoms with Crippen molar-refractivity contribution in [2.75, 3.05) is 0 Å². The standard InChI is InChI=1S/C12H22N2O2/c1-8(2)7-10(11(13)15)14-12(16)9-5-3-4-6-9/h8-10H,3-7H2,1-2H3,(H2,13,15)(H,14,16)/t10-/m0/s1. The van der Waals surface area contributed by atoms with Gasteiger partial charge in [-0.05, 0) is 25.2 Å². The van der Waals surface area contributed by atoms with Crippen molar-refractivity contribution >= 4 is 11.8 Å². The molecule has 1 saturated carbocycles. The molecule has 1 rings (SSSR count). The Bertz CT molecular complexity index is 258. The Kier molecular flexibility index (Phi) is 4.77. The fourth-order valence-corrected chi connectivity index (χ4v) is 2.20. The second-order valence-corrected chi connectivity index (χ2v) is 5.07. The Morgan fingerprint density at radius 2 is 1.88 bits per heavy atom. The molecule has 0 radical (unpaired) electrons. The zero-order chi connectivity index (χ0) is 12.1. The second kappa shape index (κ2) is 5.87. The van der Waals surface area contributed by atoms with E-state index in [-0.39, 0.29) is 11.8 Å². The van der Waals surface area contributed by atoms with E-state index in [1.165, 1.54) is 0 Å². The van der Waals surface area contributed by atoms with Gasteiger partial charge in [0.2, 0.25) is 11.8 Å². The highest BCUT2D eigenvalue weighted by Gasteiger charge is 2.26. The quantitative estimate of drug-likeness (QED) is 0.739. The molecule has 1 aliphatic carbocycles. The predicted molar refractivity (Wildman–Crippen MR) is 62.5 cm³/mol. The molecule has 0 bridgehead atoms. The average Bonchev–Trinajstić information content (AvgIpc) is 2.68. The van der Waals surface area contributed by atoms with Gasteiger partial charge >= 0.3 is 0 Å². The summed E-state index contributed by atoms with van der Waals surface area (Å²) in [4.78, 5) is 23.0. The van der Waals surface area contributed by atoms with Crippen LogP contribution >= 0.6 is 0 Å². The summed E-state index contributed by atoms with van der Waals surface area (Å²) in [5, 5.41) is 2.78. The van der Waals surface area contributed by atoms with Crippen molar-refractivity contribution in [2.45, 2.75) is 52.0 Å². The molecule has 92 valence electrons. The molecule has 0 unspecified atom stereocenters. The van der Waals surface area contributed by atoms with E-state index in [0.717, 1.165) is 25.7 Å². The van der Waals surface area contributed by atoms with Crippen molar-refractivity contribution in [1.29, 1.82) is 0 Å². The summed E-state index contributed by atoms with van der Waals surface area (Å²) >= 11 is 0. The number of hydrogen-bond acceptors (Lipinski definition) is 2. The first-order valence-electron chi connectivity index (χ1n) is 6.10. The maximum absolute atomic E-state index is 11.8. The normalized spacial score (nSPS) is 18.7. The van der Waals surface area contributed by atoms with E-state index in [9.17, 15) is 9.59 Å². The monoisotopic (exact) mass is 226 g/mol. The van der Waals surface area contributed by atoms with Crippen LogP contribution in [0.1, 0.15) is 46.0 Å². The first-order valence-corrected chi connectivity index (χ1v) is 6.10. The molecular formula is C12H22N2O2. The lowest BCUT2D eigenvalue weighted by Crippen LogP contribution is -2.46. The predicted octanol–water partition coefficient (Wildman–Crippen LogP) is 1.19. The number of amides is 2. The number of rotatable bonds is 5. The van der Waals surface area contributed by atoms with E-state index in [0.29, 0.717) is 12.3 Å². The van der Waals surface area contributed by atoms with Gasteiger partial charge in [-0.15, -0.1) is 0 Å². The number of nitrogens with one attached hydrogen (secondary N) is 1. The largest absolute Gasteiger partial charge is 0.368 e. The molecule has 0 aromatic heterocycles. The Labute approximate surface area is 97.0 Å². The maximum Gasteiger partial charge on any atom is 0.240 e. The maximum atomic E-state index is 11.8. The van der Waals surface area contributed by atoms with Crippen molar-refractivity contribution in [3.8, 4) is 0 Å². The molecule has 4 heteroatoms. The van der Waals surface area contributed by atoms with Crippen molar-refractivity contribution in [3.05, 3.63) is 0 Å². The molecule has 0 aromatic rings. The first kappa shape index (κ1) is 13.0. The van der Waals surface area contributed by atoms with E-state index < -0.39 is 11.9 Å². The zero-order valence-corrected chi connectivity index (χ0v) is 10.2. The summed E-state index contributed by atoms with van der Waals surface area (Å²) in [5.41, 5.74) is 5.28. The molecule has 0 heterocycles. The number of carbonyl (C=O) groups excluding carboxylic acids is 2. The molecule has 16 heavy (non-hydrogen) atoms. The van der Waals surface area contributed by atoms with E-state index in [1.54, 1.807) is 0 Å². The fourth-order valence-electron chi connectivity index (χ4n) is 2.20. The molecular weight excluding hydrogens is 204 g/mol. The van der Waals surface area contributed by atoms with E-state index in [4.69, 9.17) is 5.73 Å². The molecule has 0 aliphatic heterocycles. The zero-order valence-electron chi connectivity index (χ0n) is 10.2. The van der Waals surface area contributed by atoms with E-state index >= 15 is 0 Å². The molecule has 0 saturated heterocycles. The molecule has 4 nitrogen and oxygen atoms in total. The Hall–Kier alpha value is -1.06. The minimum absolute atomic E-state index is 0.00181. The molecule has 1 atom stereocenters. The molecule has 0 aromatic carbocycles. The Morgan fingerprint density at radius 1 is 1.31 bits per heavy atom. The van der Waals surface area contributed by atoms with Gasteiger partial charge in [0.25, 0.3) is 0 Å². The van der Waals surface area contributed by atoms with Gasteiger partial charge < -0.3 is 11.1 Å². The number of carbonyl (C=O) groups is 2. The lowest BCUT2D eigenvalue weighted by molar-refractivity contribution is -0.130. The molecule has 1 aliphatic rings. The van der Waals surface area contributed by atoms with Crippen LogP contribution in [0.25, 0.3) is 0 Å². The third-order valence-corrected chi connectivity index (χ3v) is 3.09. The van der Waals surface area contributed by atoms with Gasteiger partial charge in [0, 0.05) is 5.92 Å². The second-order valence-electron chi connectivity index (χ2n) is 5.07. The van der Waals surface area contributed by atoms with Crippen molar-refractivity contribution in [3.63, 3.8) is 0 Å². The third kappa shape index (κ3) is 3.83. The number of hydrogen-bond donors (Lipinski definition) is 2. The van der Waals surface area contributed by atoms with E-state index in [1.807, 2.05) is 13.8 Å². The smallest absolute Gasteiger partial charge is 0.240 e. The van der Waals surface area contributed by atoms with E-state index in [2.05, 4.69) is 5.32 Å². The number of primary amides is 1. The highest BCUT2D eigenvalue weighted by atomic mass is 16.2. The van der Waals surface area contributed by atoms with Crippen LogP contribution in [0.2, 0.25) is 0 Å². The van der Waals surface area contributed by atoms with Gasteiger partial charge in [0.05, 0.1) is 0 Å². The van der Waals surface area contributed by atoms with Gasteiger partial charge in [-0.25, -0.2) is 0 Å². The van der Waals surface area contributed by atoms with Gasteiger partial charge in [0.15, 0.2) is 0 Å². The van der Waals surface area contributed by atoms with Crippen LogP contribution in [-0.4, -0.2) is 17.9 Å². The highest BCUT2D eigenvalue weighted by Crippen LogP contribution is 2.24. The highest BCUT2D eigenvalue weighted by molar-refractivity contribution is 5.87. The van der Waals surface area contributed by atoms with Crippen LogP contribution in [0.4, 0.5) is 0 Å². The summed E-state index contributed by atoms with van der Waals surface area (Å²) in [7, 11) is 0. The molecule has 3 N–H and O–H groups in total. The van der Waals surface area contributed by atoms with Crippen LogP contribution in [0.3, 0.4) is 0 Å². The minimum atomic E-state index is -0.506. The minimum Gasteiger partial charge on any atom is -0.368 e. The van der Waals surface area contributed by atoms with Crippen LogP contribution in [-0.2, 0) is 9.59 Å². The van der Waals surface area contributed by atoms with Crippen molar-refractivity contribution in [2.24, 2.45) is 17.6 Å². The fraction of sp³-hybridized carbons (Fsp3) is 0.833. The first-order chi connectivity index (χ1) is 7.50. The van der Waals surface area contributed by atoms with Gasteiger partial charge in [-0.2, -0.15) is 0 Å². The van der Waals surface area contributed by atoms with Gasteiger partial charge in [0.1, 0.15) is 6.04 Å². The van der Waals surface area contributed by atoms with Crippen LogP contribution in [0.15, 0.2) is 0 Å². The summed E-state index contributed by atoms with van der Waals surface area (Å²) in [6.45, 7) is 4.02. The van der Waals surface area contributed by atoms with Gasteiger partial charge in [-0.3, -0.25) is 9.59 Å². The lowest BCUT2D eigenvalue weighted by atomic mass is 10.0. The van der Waals surface area contributed by atoms with Crippen LogP contribution in [0.5, 0.6) is 0 Å². The molecule has 0 spiro atoms. The topological polar surface area (TPSA) is 72.2 Å². The van der Waals surface area contributed by atoms with Crippen molar-refractivity contribution < 1.29 is 9.59 Å². The van der Waals surface area contributed by atoms with Gasteiger partial charge in [-0.1, -0.05) is 26.7 Å². The van der Waals surface area contributed by atoms with Crippen LogP contribution < -0.4 is 11.1 Å². The third-order valence-electron chi connectivity index (χ3n) is 3.09. The summed E-state index contributed by atoms with van der Waals surface area (Å²) in [6.07, 6.45) is 4.73. The molecule has 2 amide bonds. The molecule has 1 fully saturated rings. The summed E-state index contributed by atoms with van der Waals surface area (Å²) in [5.74, 6) is 0.0115. The Morgan fingerprint density at radius 3 is 2.31 bits per heavy atom. The van der Waals surface area contributed by atoms with Crippen LogP contribution in [0, 0.1) is 11.8 Å². The Balaban J connectivity index is 2.47. The average molecular weight is 226 g/mol. The SMILES string of the molecule is CC(C)C[C@H](NC(=O)C1CCCC1)C(N)=O. The summed E-state index contributed by atoms with van der Waals surface area (Å²) in [6, 6.07) is -0.506. The summed E-state index contributed by atoms with van der Waals surface area (Å²) < 4.78 is 0. The number of nitrogens with two attached hydrogens (primary N) is 1. The van der Waals surface area contributed by atoms with Crippen molar-refractivity contribution in [1.82, 2.24) is 5.32 Å².